The molecule has 0 heterocycles. The molecule has 0 saturated heterocycles. The Labute approximate surface area is 116 Å². The Morgan fingerprint density at radius 1 is 1.05 bits per heavy atom. The van der Waals surface area contributed by atoms with Crippen molar-refractivity contribution >= 4 is 0 Å². The molecule has 1 fully saturated rings. The van der Waals surface area contributed by atoms with Gasteiger partial charge in [-0.25, -0.2) is 8.78 Å². The number of rotatable bonds is 3. The van der Waals surface area contributed by atoms with Gasteiger partial charge in [-0.1, -0.05) is 30.3 Å². The third-order valence-corrected chi connectivity index (χ3v) is 3.89. The monoisotopic (exact) mass is 274 g/mol. The molecule has 1 aliphatic rings. The molecule has 0 amide bonds. The normalized spacial score (nSPS) is 16.2. The molecule has 1 nitrogen and oxygen atoms in total. The van der Waals surface area contributed by atoms with Crippen molar-refractivity contribution in [1.29, 1.82) is 0 Å². The van der Waals surface area contributed by atoms with Crippen molar-refractivity contribution in [3.05, 3.63) is 70.3 Å². The summed E-state index contributed by atoms with van der Waals surface area (Å²) in [5.74, 6) is -0.774. The second-order valence-corrected chi connectivity index (χ2v) is 5.44. The molecule has 3 rings (SSSR count). The fourth-order valence-corrected chi connectivity index (χ4v) is 2.46. The average Bonchev–Trinajstić information content (AvgIpc) is 3.28. The number of hydrogen-bond acceptors (Lipinski definition) is 1. The minimum atomic E-state index is -1.27. The second kappa shape index (κ2) is 4.98. The van der Waals surface area contributed by atoms with Crippen LogP contribution in [0.5, 0.6) is 0 Å². The van der Waals surface area contributed by atoms with Crippen LogP contribution in [0, 0.1) is 18.6 Å². The summed E-state index contributed by atoms with van der Waals surface area (Å²) >= 11 is 0. The van der Waals surface area contributed by atoms with Crippen LogP contribution in [0.15, 0.2) is 36.4 Å². The number of hydrogen-bond donors (Lipinski definition) is 1. The molecule has 20 heavy (non-hydrogen) atoms. The topological polar surface area (TPSA) is 20.2 Å². The number of aryl methyl sites for hydroxylation is 1. The highest BCUT2D eigenvalue weighted by Crippen LogP contribution is 2.40. The van der Waals surface area contributed by atoms with Crippen molar-refractivity contribution in [2.75, 3.05) is 0 Å². The smallest absolute Gasteiger partial charge is 0.135 e. The Balaban J connectivity index is 1.95. The SMILES string of the molecule is Cc1ccc(F)c(C(O)c2ccc(C3CC3)cc2)c1F. The van der Waals surface area contributed by atoms with E-state index < -0.39 is 17.7 Å². The van der Waals surface area contributed by atoms with Gasteiger partial charge in [-0.05, 0) is 48.4 Å². The molecule has 2 aromatic carbocycles. The van der Waals surface area contributed by atoms with Crippen LogP contribution in [0.2, 0.25) is 0 Å². The predicted octanol–water partition coefficient (Wildman–Crippen LogP) is 4.23. The first-order chi connectivity index (χ1) is 9.58. The lowest BCUT2D eigenvalue weighted by Crippen LogP contribution is -2.07. The van der Waals surface area contributed by atoms with Gasteiger partial charge < -0.3 is 5.11 Å². The van der Waals surface area contributed by atoms with Crippen LogP contribution in [0.4, 0.5) is 8.78 Å². The molecule has 1 unspecified atom stereocenters. The van der Waals surface area contributed by atoms with Crippen LogP contribution in [-0.4, -0.2) is 5.11 Å². The summed E-state index contributed by atoms with van der Waals surface area (Å²) in [6.07, 6.45) is 1.12. The zero-order chi connectivity index (χ0) is 14.3. The summed E-state index contributed by atoms with van der Waals surface area (Å²) in [5.41, 5.74) is 1.79. The van der Waals surface area contributed by atoms with Gasteiger partial charge in [0.2, 0.25) is 0 Å². The summed E-state index contributed by atoms with van der Waals surface area (Å²) in [4.78, 5) is 0. The van der Waals surface area contributed by atoms with Gasteiger partial charge in [0.1, 0.15) is 17.7 Å². The summed E-state index contributed by atoms with van der Waals surface area (Å²) in [6, 6.07) is 9.93. The highest BCUT2D eigenvalue weighted by atomic mass is 19.1. The fraction of sp³-hybridized carbons (Fsp3) is 0.294. The molecule has 0 radical (unpaired) electrons. The zero-order valence-electron chi connectivity index (χ0n) is 11.2. The van der Waals surface area contributed by atoms with Crippen LogP contribution in [0.3, 0.4) is 0 Å². The molecule has 104 valence electrons. The van der Waals surface area contributed by atoms with Gasteiger partial charge in [-0.15, -0.1) is 0 Å². The molecule has 2 aromatic rings. The van der Waals surface area contributed by atoms with Crippen LogP contribution >= 0.6 is 0 Å². The molecule has 0 spiro atoms. The molecule has 0 bridgehead atoms. The first-order valence-electron chi connectivity index (χ1n) is 6.80. The lowest BCUT2D eigenvalue weighted by molar-refractivity contribution is 0.209. The molecule has 0 aromatic heterocycles. The van der Waals surface area contributed by atoms with Crippen LogP contribution < -0.4 is 0 Å². The first kappa shape index (κ1) is 13.3. The number of benzene rings is 2. The number of aliphatic hydroxyl groups excluding tert-OH is 1. The van der Waals surface area contributed by atoms with Crippen molar-refractivity contribution in [3.63, 3.8) is 0 Å². The predicted molar refractivity (Wildman–Crippen MR) is 73.6 cm³/mol. The maximum absolute atomic E-state index is 14.0. The van der Waals surface area contributed by atoms with Crippen molar-refractivity contribution < 1.29 is 13.9 Å². The molecule has 1 N–H and O–H groups in total. The Morgan fingerprint density at radius 2 is 1.70 bits per heavy atom. The van der Waals surface area contributed by atoms with E-state index in [4.69, 9.17) is 0 Å². The minimum absolute atomic E-state index is 0.274. The van der Waals surface area contributed by atoms with Gasteiger partial charge in [-0.3, -0.25) is 0 Å². The summed E-state index contributed by atoms with van der Waals surface area (Å²) in [5, 5.41) is 10.2. The van der Waals surface area contributed by atoms with Crippen LogP contribution in [0.1, 0.15) is 47.1 Å². The third-order valence-electron chi connectivity index (χ3n) is 3.89. The molecule has 1 aliphatic carbocycles. The van der Waals surface area contributed by atoms with Gasteiger partial charge in [0, 0.05) is 0 Å². The number of aliphatic hydroxyl groups is 1. The second-order valence-electron chi connectivity index (χ2n) is 5.44. The van der Waals surface area contributed by atoms with Crippen LogP contribution in [0.25, 0.3) is 0 Å². The van der Waals surface area contributed by atoms with Gasteiger partial charge >= 0.3 is 0 Å². The molecular weight excluding hydrogens is 258 g/mol. The first-order valence-corrected chi connectivity index (χ1v) is 6.80. The minimum Gasteiger partial charge on any atom is -0.383 e. The summed E-state index contributed by atoms with van der Waals surface area (Å²) in [6.45, 7) is 1.56. The van der Waals surface area contributed by atoms with Crippen molar-refractivity contribution in [2.45, 2.75) is 31.8 Å². The van der Waals surface area contributed by atoms with Crippen molar-refractivity contribution in [3.8, 4) is 0 Å². The van der Waals surface area contributed by atoms with E-state index in [9.17, 15) is 13.9 Å². The Bertz CT molecular complexity index is 630. The van der Waals surface area contributed by atoms with E-state index in [1.54, 1.807) is 19.1 Å². The van der Waals surface area contributed by atoms with E-state index in [1.165, 1.54) is 30.5 Å². The largest absolute Gasteiger partial charge is 0.383 e. The third kappa shape index (κ3) is 2.34. The van der Waals surface area contributed by atoms with Crippen LogP contribution in [-0.2, 0) is 0 Å². The quantitative estimate of drug-likeness (QED) is 0.888. The van der Waals surface area contributed by atoms with Gasteiger partial charge in [0.15, 0.2) is 0 Å². The molecular formula is C17H16F2O. The van der Waals surface area contributed by atoms with E-state index in [-0.39, 0.29) is 5.56 Å². The lowest BCUT2D eigenvalue weighted by Gasteiger charge is -2.15. The Morgan fingerprint density at radius 3 is 2.30 bits per heavy atom. The highest BCUT2D eigenvalue weighted by Gasteiger charge is 2.25. The summed E-state index contributed by atoms with van der Waals surface area (Å²) < 4.78 is 27.8. The Hall–Kier alpha value is -1.74. The van der Waals surface area contributed by atoms with Gasteiger partial charge in [0.05, 0.1) is 5.56 Å². The zero-order valence-corrected chi connectivity index (χ0v) is 11.2. The standard InChI is InChI=1S/C17H16F2O/c1-10-2-9-14(18)15(16(10)19)17(20)13-7-5-12(6-8-13)11-3-4-11/h2,5-9,11,17,20H,3-4H2,1H3. The lowest BCUT2D eigenvalue weighted by atomic mass is 9.97. The molecule has 1 saturated carbocycles. The Kier molecular flexibility index (Phi) is 3.30. The fourth-order valence-electron chi connectivity index (χ4n) is 2.46. The average molecular weight is 274 g/mol. The van der Waals surface area contributed by atoms with Gasteiger partial charge in [-0.2, -0.15) is 0 Å². The van der Waals surface area contributed by atoms with E-state index in [0.29, 0.717) is 17.0 Å². The van der Waals surface area contributed by atoms with Crippen molar-refractivity contribution in [2.24, 2.45) is 0 Å². The summed E-state index contributed by atoms with van der Waals surface area (Å²) in [7, 11) is 0. The molecule has 3 heteroatoms. The van der Waals surface area contributed by atoms with E-state index >= 15 is 0 Å². The molecule has 0 aliphatic heterocycles. The maximum atomic E-state index is 14.0. The highest BCUT2D eigenvalue weighted by molar-refractivity contribution is 5.37. The number of halogens is 2. The van der Waals surface area contributed by atoms with E-state index in [0.717, 1.165) is 0 Å². The van der Waals surface area contributed by atoms with Crippen molar-refractivity contribution in [1.82, 2.24) is 0 Å². The van der Waals surface area contributed by atoms with E-state index in [1.807, 2.05) is 12.1 Å². The van der Waals surface area contributed by atoms with E-state index in [2.05, 4.69) is 0 Å². The van der Waals surface area contributed by atoms with Gasteiger partial charge in [0.25, 0.3) is 0 Å². The maximum Gasteiger partial charge on any atom is 0.135 e. The molecule has 1 atom stereocenters.